The minimum absolute atomic E-state index is 0.161. The van der Waals surface area contributed by atoms with Crippen LogP contribution in [0.3, 0.4) is 0 Å². The van der Waals surface area contributed by atoms with Gasteiger partial charge in [-0.2, -0.15) is 5.26 Å². The Morgan fingerprint density at radius 2 is 2.28 bits per heavy atom. The predicted molar refractivity (Wildman–Crippen MR) is 71.2 cm³/mol. The Labute approximate surface area is 109 Å². The lowest BCUT2D eigenvalue weighted by molar-refractivity contribution is 0.0173. The first kappa shape index (κ1) is 13.1. The molecule has 1 aromatic rings. The van der Waals surface area contributed by atoms with Crippen LogP contribution in [0.25, 0.3) is 0 Å². The average Bonchev–Trinajstić information content (AvgIpc) is 2.43. The van der Waals surface area contributed by atoms with Crippen molar-refractivity contribution in [1.82, 2.24) is 4.90 Å². The molecular weight excluding hydrogens is 224 g/mol. The minimum atomic E-state index is 0.161. The second-order valence-corrected chi connectivity index (χ2v) is 4.61. The van der Waals surface area contributed by atoms with E-state index in [0.29, 0.717) is 6.42 Å². The van der Waals surface area contributed by atoms with Crippen LogP contribution in [0.1, 0.15) is 30.6 Å². The third kappa shape index (κ3) is 3.10. The van der Waals surface area contributed by atoms with E-state index in [1.807, 2.05) is 0 Å². The summed E-state index contributed by atoms with van der Waals surface area (Å²) >= 11 is 0. The molecule has 0 aliphatic carbocycles. The van der Waals surface area contributed by atoms with Crippen molar-refractivity contribution >= 4 is 0 Å². The normalized spacial score (nSPS) is 18.4. The van der Waals surface area contributed by atoms with Gasteiger partial charge in [-0.25, -0.2) is 0 Å². The van der Waals surface area contributed by atoms with Crippen molar-refractivity contribution in [3.8, 4) is 6.07 Å². The number of ether oxygens (including phenoxy) is 1. The van der Waals surface area contributed by atoms with Crippen LogP contribution in [0, 0.1) is 11.3 Å². The Hall–Kier alpha value is -1.37. The van der Waals surface area contributed by atoms with Crippen molar-refractivity contribution in [1.29, 1.82) is 5.26 Å². The molecule has 0 saturated heterocycles. The van der Waals surface area contributed by atoms with Crippen molar-refractivity contribution < 1.29 is 4.74 Å². The van der Waals surface area contributed by atoms with Crippen molar-refractivity contribution in [2.75, 3.05) is 26.2 Å². The first-order valence-electron chi connectivity index (χ1n) is 6.64. The lowest BCUT2D eigenvalue weighted by Gasteiger charge is -2.30. The van der Waals surface area contributed by atoms with Crippen molar-refractivity contribution in [3.63, 3.8) is 0 Å². The first-order chi connectivity index (χ1) is 8.85. The first-order valence-corrected chi connectivity index (χ1v) is 6.64. The number of hydrogen-bond donors (Lipinski definition) is 0. The average molecular weight is 244 g/mol. The summed E-state index contributed by atoms with van der Waals surface area (Å²) < 4.78 is 5.89. The molecule has 0 saturated carbocycles. The Morgan fingerprint density at radius 1 is 1.44 bits per heavy atom. The summed E-state index contributed by atoms with van der Waals surface area (Å²) in [7, 11) is 0. The van der Waals surface area contributed by atoms with Crippen molar-refractivity contribution in [2.24, 2.45) is 0 Å². The third-order valence-corrected chi connectivity index (χ3v) is 3.50. The Kier molecular flexibility index (Phi) is 4.74. The van der Waals surface area contributed by atoms with Gasteiger partial charge < -0.3 is 4.74 Å². The smallest absolute Gasteiger partial charge is 0.0954 e. The Morgan fingerprint density at radius 3 is 3.06 bits per heavy atom. The number of nitrogens with zero attached hydrogens (tertiary/aromatic N) is 2. The second-order valence-electron chi connectivity index (χ2n) is 4.61. The fraction of sp³-hybridized carbons (Fsp3) is 0.533. The molecule has 2 rings (SSSR count). The third-order valence-electron chi connectivity index (χ3n) is 3.50. The minimum Gasteiger partial charge on any atom is -0.372 e. The zero-order chi connectivity index (χ0) is 12.8. The van der Waals surface area contributed by atoms with Crippen LogP contribution in [-0.4, -0.2) is 31.1 Å². The monoisotopic (exact) mass is 244 g/mol. The van der Waals surface area contributed by atoms with Gasteiger partial charge in [0.25, 0.3) is 0 Å². The number of rotatable bonds is 5. The van der Waals surface area contributed by atoms with Gasteiger partial charge in [-0.05, 0) is 24.1 Å². The van der Waals surface area contributed by atoms with E-state index in [1.165, 1.54) is 11.1 Å². The lowest BCUT2D eigenvalue weighted by atomic mass is 9.97. The van der Waals surface area contributed by atoms with Gasteiger partial charge in [-0.3, -0.25) is 4.90 Å². The van der Waals surface area contributed by atoms with Gasteiger partial charge in [0.2, 0.25) is 0 Å². The summed E-state index contributed by atoms with van der Waals surface area (Å²) in [6.45, 7) is 5.61. The van der Waals surface area contributed by atoms with Crippen LogP contribution in [0.15, 0.2) is 24.3 Å². The van der Waals surface area contributed by atoms with Gasteiger partial charge in [0.1, 0.15) is 0 Å². The maximum Gasteiger partial charge on any atom is 0.0954 e. The van der Waals surface area contributed by atoms with Gasteiger partial charge in [0.05, 0.1) is 18.8 Å². The summed E-state index contributed by atoms with van der Waals surface area (Å²) in [5.41, 5.74) is 2.73. The molecule has 3 nitrogen and oxygen atoms in total. The topological polar surface area (TPSA) is 36.3 Å². The zero-order valence-corrected chi connectivity index (χ0v) is 10.9. The van der Waals surface area contributed by atoms with Crippen LogP contribution >= 0.6 is 0 Å². The number of likely N-dealkylation sites (N-methyl/N-ethyl adjacent to an activating group) is 1. The summed E-state index contributed by atoms with van der Waals surface area (Å²) in [5, 5.41) is 8.67. The number of fused-ring (bicyclic) bond motifs is 1. The Bertz CT molecular complexity index is 425. The van der Waals surface area contributed by atoms with Crippen LogP contribution in [0.2, 0.25) is 0 Å². The predicted octanol–water partition coefficient (Wildman–Crippen LogP) is 2.54. The van der Waals surface area contributed by atoms with Gasteiger partial charge in [0, 0.05) is 19.5 Å². The van der Waals surface area contributed by atoms with E-state index in [4.69, 9.17) is 10.00 Å². The summed E-state index contributed by atoms with van der Waals surface area (Å²) in [5.74, 6) is 0. The van der Waals surface area contributed by atoms with Gasteiger partial charge in [0.15, 0.2) is 0 Å². The Balaban J connectivity index is 2.04. The standard InChI is InChI=1S/C15H20N2O/c1-2-17(10-5-9-16)12-15-14-7-4-3-6-13(14)8-11-18-15/h3-4,6-7,15H,2,5,8,10-12H2,1H3. The molecule has 0 spiro atoms. The van der Waals surface area contributed by atoms with E-state index in [1.54, 1.807) is 0 Å². The van der Waals surface area contributed by atoms with E-state index in [-0.39, 0.29) is 6.10 Å². The highest BCUT2D eigenvalue weighted by Gasteiger charge is 2.22. The molecule has 1 atom stereocenters. The van der Waals surface area contributed by atoms with E-state index in [9.17, 15) is 0 Å². The largest absolute Gasteiger partial charge is 0.372 e. The van der Waals surface area contributed by atoms with Crippen molar-refractivity contribution in [2.45, 2.75) is 25.9 Å². The highest BCUT2D eigenvalue weighted by Crippen LogP contribution is 2.27. The zero-order valence-electron chi connectivity index (χ0n) is 10.9. The van der Waals surface area contributed by atoms with Gasteiger partial charge in [-0.15, -0.1) is 0 Å². The molecule has 0 aromatic heterocycles. The molecule has 96 valence electrons. The molecule has 1 aliphatic heterocycles. The van der Waals surface area contributed by atoms with Gasteiger partial charge in [-0.1, -0.05) is 31.2 Å². The van der Waals surface area contributed by atoms with E-state index >= 15 is 0 Å². The molecule has 0 bridgehead atoms. The molecular formula is C15H20N2O. The van der Waals surface area contributed by atoms with Gasteiger partial charge >= 0.3 is 0 Å². The van der Waals surface area contributed by atoms with E-state index in [0.717, 1.165) is 32.7 Å². The van der Waals surface area contributed by atoms with E-state index in [2.05, 4.69) is 42.2 Å². The van der Waals surface area contributed by atoms with Crippen LogP contribution in [-0.2, 0) is 11.2 Å². The number of hydrogen-bond acceptors (Lipinski definition) is 3. The molecule has 0 fully saturated rings. The molecule has 0 N–H and O–H groups in total. The molecule has 1 aliphatic rings. The fourth-order valence-corrected chi connectivity index (χ4v) is 2.45. The highest BCUT2D eigenvalue weighted by atomic mass is 16.5. The summed E-state index contributed by atoms with van der Waals surface area (Å²) in [6.07, 6.45) is 1.76. The van der Waals surface area contributed by atoms with Crippen LogP contribution in [0.5, 0.6) is 0 Å². The molecule has 1 heterocycles. The molecule has 3 heteroatoms. The molecule has 1 unspecified atom stereocenters. The highest BCUT2D eigenvalue weighted by molar-refractivity contribution is 5.31. The quantitative estimate of drug-likeness (QED) is 0.798. The maximum atomic E-state index is 8.67. The lowest BCUT2D eigenvalue weighted by Crippen LogP contribution is -2.32. The number of nitriles is 1. The SMILES string of the molecule is CCN(CCC#N)CC1OCCc2ccccc21. The number of benzene rings is 1. The molecule has 0 radical (unpaired) electrons. The molecule has 0 amide bonds. The van der Waals surface area contributed by atoms with Crippen LogP contribution < -0.4 is 0 Å². The molecule has 18 heavy (non-hydrogen) atoms. The van der Waals surface area contributed by atoms with Crippen molar-refractivity contribution in [3.05, 3.63) is 35.4 Å². The maximum absolute atomic E-state index is 8.67. The van der Waals surface area contributed by atoms with E-state index < -0.39 is 0 Å². The fourth-order valence-electron chi connectivity index (χ4n) is 2.45. The summed E-state index contributed by atoms with van der Waals surface area (Å²) in [4.78, 5) is 2.29. The second kappa shape index (κ2) is 6.53. The summed E-state index contributed by atoms with van der Waals surface area (Å²) in [6, 6.07) is 10.7. The van der Waals surface area contributed by atoms with Crippen LogP contribution in [0.4, 0.5) is 0 Å². The molecule has 1 aromatic carbocycles.